The fourth-order valence-electron chi connectivity index (χ4n) is 4.94. The maximum absolute atomic E-state index is 12.3. The lowest BCUT2D eigenvalue weighted by atomic mass is 9.83. The number of alkyl halides is 1. The molecule has 5 unspecified atom stereocenters. The molecule has 116 valence electrons. The van der Waals surface area contributed by atoms with Crippen LogP contribution in [0.25, 0.3) is 0 Å². The Kier molecular flexibility index (Phi) is 3.94. The van der Waals surface area contributed by atoms with E-state index >= 15 is 0 Å². The summed E-state index contributed by atoms with van der Waals surface area (Å²) in [6, 6.07) is 2.52. The Hall–Kier alpha value is -0.760. The molecule has 1 heterocycles. The first-order valence-corrected chi connectivity index (χ1v) is 8.70. The highest BCUT2D eigenvalue weighted by Gasteiger charge is 2.42. The Bertz CT molecular complexity index is 560. The molecule has 0 spiro atoms. The molecular weight excluding hydrogens is 282 g/mol. The summed E-state index contributed by atoms with van der Waals surface area (Å²) < 4.78 is 2.39. The van der Waals surface area contributed by atoms with Crippen molar-refractivity contribution < 1.29 is 4.79 Å². The summed E-state index contributed by atoms with van der Waals surface area (Å²) in [5.41, 5.74) is 3.11. The minimum atomic E-state index is -0.447. The molecule has 0 saturated heterocycles. The number of halogens is 1. The number of fused-ring (bicyclic) bond motifs is 2. The molecular formula is C18H26ClNO. The van der Waals surface area contributed by atoms with Crippen LogP contribution in [0.5, 0.6) is 0 Å². The Morgan fingerprint density at radius 2 is 2.00 bits per heavy atom. The summed E-state index contributed by atoms with van der Waals surface area (Å²) in [4.78, 5) is 12.3. The van der Waals surface area contributed by atoms with Crippen molar-refractivity contribution in [2.45, 2.75) is 64.8 Å². The fourth-order valence-corrected chi connectivity index (χ4v) is 5.06. The van der Waals surface area contributed by atoms with E-state index < -0.39 is 5.38 Å². The van der Waals surface area contributed by atoms with E-state index in [0.717, 1.165) is 29.0 Å². The molecule has 2 bridgehead atoms. The van der Waals surface area contributed by atoms with Crippen LogP contribution in [0.15, 0.2) is 6.07 Å². The molecule has 3 heteroatoms. The lowest BCUT2D eigenvalue weighted by Crippen LogP contribution is -2.24. The van der Waals surface area contributed by atoms with Gasteiger partial charge in [0.15, 0.2) is 5.78 Å². The van der Waals surface area contributed by atoms with Gasteiger partial charge in [0, 0.05) is 23.0 Å². The Balaban J connectivity index is 1.90. The summed E-state index contributed by atoms with van der Waals surface area (Å²) >= 11 is 6.00. The smallest absolute Gasteiger partial charge is 0.182 e. The summed E-state index contributed by atoms with van der Waals surface area (Å²) in [6.07, 6.45) is 5.64. The number of rotatable bonds is 4. The molecule has 0 aromatic carbocycles. The third-order valence-electron chi connectivity index (χ3n) is 5.93. The minimum Gasteiger partial charge on any atom is -0.345 e. The number of ketones is 1. The number of aryl methyl sites for hydroxylation is 1. The molecule has 0 amide bonds. The zero-order valence-electron chi connectivity index (χ0n) is 13.5. The summed E-state index contributed by atoms with van der Waals surface area (Å²) in [5.74, 6) is 2.70. The highest BCUT2D eigenvalue weighted by atomic mass is 35.5. The number of hydrogen-bond donors (Lipinski definition) is 0. The Morgan fingerprint density at radius 1 is 1.29 bits per heavy atom. The second-order valence-corrected chi connectivity index (χ2v) is 7.87. The van der Waals surface area contributed by atoms with Crippen LogP contribution in [0, 0.1) is 31.6 Å². The Labute approximate surface area is 132 Å². The normalized spacial score (nSPS) is 30.6. The van der Waals surface area contributed by atoms with Gasteiger partial charge in [0.1, 0.15) is 0 Å². The summed E-state index contributed by atoms with van der Waals surface area (Å²) in [6.45, 7) is 8.29. The molecule has 0 aliphatic heterocycles. The van der Waals surface area contributed by atoms with Crippen molar-refractivity contribution in [1.29, 1.82) is 0 Å². The van der Waals surface area contributed by atoms with E-state index in [1.165, 1.54) is 31.4 Å². The average Bonchev–Trinajstić information content (AvgIpc) is 3.12. The zero-order valence-corrected chi connectivity index (χ0v) is 14.3. The maximum Gasteiger partial charge on any atom is 0.182 e. The van der Waals surface area contributed by atoms with Gasteiger partial charge in [0.2, 0.25) is 0 Å². The maximum atomic E-state index is 12.3. The predicted octanol–water partition coefficient (Wildman–Crippen LogP) is 4.91. The standard InChI is InChI=1S/C18H26ClNO/c1-10-7-17(18(21)11(2)19)13(4)20(10)12(3)16-9-14-5-6-15(16)8-14/h7,11-12,14-16H,5-6,8-9H2,1-4H3. The van der Waals surface area contributed by atoms with Gasteiger partial charge in [-0.2, -0.15) is 0 Å². The number of Topliss-reactive ketones (excluding diaryl/α,β-unsaturated/α-hetero) is 1. The molecule has 2 nitrogen and oxygen atoms in total. The van der Waals surface area contributed by atoms with Gasteiger partial charge in [-0.25, -0.2) is 0 Å². The second kappa shape index (κ2) is 5.46. The highest BCUT2D eigenvalue weighted by Crippen LogP contribution is 2.52. The van der Waals surface area contributed by atoms with Gasteiger partial charge in [0.05, 0.1) is 5.38 Å². The van der Waals surface area contributed by atoms with Crippen LogP contribution >= 0.6 is 11.6 Å². The van der Waals surface area contributed by atoms with Gasteiger partial charge in [0.25, 0.3) is 0 Å². The zero-order chi connectivity index (χ0) is 15.3. The summed E-state index contributed by atoms with van der Waals surface area (Å²) in [7, 11) is 0. The van der Waals surface area contributed by atoms with Crippen molar-refractivity contribution in [3.05, 3.63) is 23.0 Å². The van der Waals surface area contributed by atoms with Gasteiger partial charge in [-0.15, -0.1) is 11.6 Å². The molecule has 3 rings (SSSR count). The van der Waals surface area contributed by atoms with Gasteiger partial charge in [-0.1, -0.05) is 6.42 Å². The van der Waals surface area contributed by atoms with E-state index in [-0.39, 0.29) is 5.78 Å². The lowest BCUT2D eigenvalue weighted by molar-refractivity contribution is 0.0991. The van der Waals surface area contributed by atoms with Crippen LogP contribution < -0.4 is 0 Å². The number of carbonyl (C=O) groups is 1. The first kappa shape index (κ1) is 15.1. The van der Waals surface area contributed by atoms with E-state index in [1.807, 2.05) is 6.07 Å². The van der Waals surface area contributed by atoms with Crippen LogP contribution in [-0.2, 0) is 0 Å². The predicted molar refractivity (Wildman–Crippen MR) is 87.2 cm³/mol. The number of nitrogens with zero attached hydrogens (tertiary/aromatic N) is 1. The van der Waals surface area contributed by atoms with Crippen molar-refractivity contribution in [3.8, 4) is 0 Å². The molecule has 1 aromatic rings. The van der Waals surface area contributed by atoms with Crippen LogP contribution in [-0.4, -0.2) is 15.7 Å². The van der Waals surface area contributed by atoms with Gasteiger partial charge in [-0.3, -0.25) is 4.79 Å². The van der Waals surface area contributed by atoms with Crippen LogP contribution in [0.3, 0.4) is 0 Å². The van der Waals surface area contributed by atoms with E-state index in [0.29, 0.717) is 6.04 Å². The third kappa shape index (κ3) is 2.46. The second-order valence-electron chi connectivity index (χ2n) is 7.21. The first-order valence-electron chi connectivity index (χ1n) is 8.26. The van der Waals surface area contributed by atoms with Crippen molar-refractivity contribution in [1.82, 2.24) is 4.57 Å². The molecule has 1 aromatic heterocycles. The molecule has 5 atom stereocenters. The monoisotopic (exact) mass is 307 g/mol. The molecule has 0 N–H and O–H groups in total. The van der Waals surface area contributed by atoms with Gasteiger partial charge in [-0.05, 0) is 70.8 Å². The number of hydrogen-bond acceptors (Lipinski definition) is 1. The largest absolute Gasteiger partial charge is 0.345 e. The average molecular weight is 308 g/mol. The highest BCUT2D eigenvalue weighted by molar-refractivity contribution is 6.33. The van der Waals surface area contributed by atoms with Crippen molar-refractivity contribution in [3.63, 3.8) is 0 Å². The SMILES string of the molecule is Cc1cc(C(=O)C(C)Cl)c(C)n1C(C)C1CC2CCC1C2. The molecule has 2 saturated carbocycles. The van der Waals surface area contributed by atoms with E-state index in [9.17, 15) is 4.79 Å². The molecule has 2 fully saturated rings. The third-order valence-corrected chi connectivity index (χ3v) is 6.13. The topological polar surface area (TPSA) is 22.0 Å². The molecule has 0 radical (unpaired) electrons. The molecule has 2 aliphatic carbocycles. The lowest BCUT2D eigenvalue weighted by Gasteiger charge is -2.31. The van der Waals surface area contributed by atoms with E-state index in [4.69, 9.17) is 11.6 Å². The Morgan fingerprint density at radius 3 is 2.52 bits per heavy atom. The van der Waals surface area contributed by atoms with Gasteiger partial charge >= 0.3 is 0 Å². The number of carbonyl (C=O) groups excluding carboxylic acids is 1. The first-order chi connectivity index (χ1) is 9.90. The number of aromatic nitrogens is 1. The minimum absolute atomic E-state index is 0.0520. The summed E-state index contributed by atoms with van der Waals surface area (Å²) in [5, 5.41) is -0.447. The van der Waals surface area contributed by atoms with Crippen molar-refractivity contribution in [2.24, 2.45) is 17.8 Å². The van der Waals surface area contributed by atoms with Crippen LogP contribution in [0.2, 0.25) is 0 Å². The fraction of sp³-hybridized carbons (Fsp3) is 0.722. The molecule has 2 aliphatic rings. The van der Waals surface area contributed by atoms with Crippen molar-refractivity contribution >= 4 is 17.4 Å². The molecule has 21 heavy (non-hydrogen) atoms. The van der Waals surface area contributed by atoms with Gasteiger partial charge < -0.3 is 4.57 Å². The quantitative estimate of drug-likeness (QED) is 0.572. The van der Waals surface area contributed by atoms with Crippen molar-refractivity contribution in [2.75, 3.05) is 0 Å². The van der Waals surface area contributed by atoms with E-state index in [2.05, 4.69) is 25.3 Å². The van der Waals surface area contributed by atoms with Crippen LogP contribution in [0.4, 0.5) is 0 Å². The van der Waals surface area contributed by atoms with Crippen LogP contribution in [0.1, 0.15) is 67.3 Å². The van der Waals surface area contributed by atoms with E-state index in [1.54, 1.807) is 6.92 Å².